The molecule has 0 fully saturated rings. The summed E-state index contributed by atoms with van der Waals surface area (Å²) in [6.45, 7) is 2.13. The first-order valence-corrected chi connectivity index (χ1v) is 6.67. The molecule has 0 heterocycles. The first-order chi connectivity index (χ1) is 9.08. The number of nitrogens with one attached hydrogen (secondary N) is 1. The van der Waals surface area contributed by atoms with Crippen LogP contribution in [0.25, 0.3) is 0 Å². The van der Waals surface area contributed by atoms with Crippen LogP contribution in [0.15, 0.2) is 35.6 Å². The van der Waals surface area contributed by atoms with Gasteiger partial charge in [0.1, 0.15) is 5.78 Å². The number of hydrogen-bond acceptors (Lipinski definition) is 3. The SMILES string of the molecule is CC(=O)CCCNC(=O)CCC1=CCC=C(N)C=C1. The third-order valence-electron chi connectivity index (χ3n) is 2.89. The smallest absolute Gasteiger partial charge is 0.220 e. The predicted molar refractivity (Wildman–Crippen MR) is 76.3 cm³/mol. The van der Waals surface area contributed by atoms with Crippen molar-refractivity contribution in [3.63, 3.8) is 0 Å². The number of nitrogens with two attached hydrogens (primary N) is 1. The molecule has 19 heavy (non-hydrogen) atoms. The van der Waals surface area contributed by atoms with Gasteiger partial charge in [0.05, 0.1) is 0 Å². The highest BCUT2D eigenvalue weighted by Crippen LogP contribution is 2.12. The van der Waals surface area contributed by atoms with E-state index in [4.69, 9.17) is 5.73 Å². The number of hydrogen-bond donors (Lipinski definition) is 2. The molecule has 0 aromatic heterocycles. The van der Waals surface area contributed by atoms with E-state index in [2.05, 4.69) is 11.4 Å². The van der Waals surface area contributed by atoms with Gasteiger partial charge >= 0.3 is 0 Å². The number of allylic oxidation sites excluding steroid dienone is 5. The number of carbonyl (C=O) groups is 2. The zero-order valence-corrected chi connectivity index (χ0v) is 11.4. The molecule has 0 aromatic carbocycles. The van der Waals surface area contributed by atoms with E-state index in [1.165, 1.54) is 0 Å². The second kappa shape index (κ2) is 8.29. The third-order valence-corrected chi connectivity index (χ3v) is 2.89. The van der Waals surface area contributed by atoms with Crippen LogP contribution in [0.5, 0.6) is 0 Å². The number of rotatable bonds is 7. The fraction of sp³-hybridized carbons (Fsp3) is 0.467. The number of amides is 1. The van der Waals surface area contributed by atoms with Gasteiger partial charge in [-0.15, -0.1) is 0 Å². The molecule has 1 aliphatic rings. The van der Waals surface area contributed by atoms with Gasteiger partial charge in [-0.05, 0) is 32.3 Å². The van der Waals surface area contributed by atoms with Crippen molar-refractivity contribution < 1.29 is 9.59 Å². The van der Waals surface area contributed by atoms with Crippen molar-refractivity contribution in [2.24, 2.45) is 5.73 Å². The van der Waals surface area contributed by atoms with Crippen LogP contribution in [0.4, 0.5) is 0 Å². The molecule has 0 spiro atoms. The van der Waals surface area contributed by atoms with Gasteiger partial charge in [0.25, 0.3) is 0 Å². The molecule has 0 radical (unpaired) electrons. The Morgan fingerprint density at radius 2 is 2.05 bits per heavy atom. The van der Waals surface area contributed by atoms with Crippen molar-refractivity contribution in [1.29, 1.82) is 0 Å². The Labute approximate surface area is 114 Å². The van der Waals surface area contributed by atoms with E-state index < -0.39 is 0 Å². The normalized spacial score (nSPS) is 14.4. The van der Waals surface area contributed by atoms with Gasteiger partial charge < -0.3 is 15.8 Å². The van der Waals surface area contributed by atoms with Crippen molar-refractivity contribution in [3.05, 3.63) is 35.6 Å². The summed E-state index contributed by atoms with van der Waals surface area (Å²) in [5.74, 6) is 0.191. The molecule has 1 rings (SSSR count). The lowest BCUT2D eigenvalue weighted by Crippen LogP contribution is -2.24. The van der Waals surface area contributed by atoms with Crippen LogP contribution in [0, 0.1) is 0 Å². The maximum atomic E-state index is 11.6. The molecule has 3 N–H and O–H groups in total. The number of Topliss-reactive ketones (excluding diaryl/α,β-unsaturated/α-hetero) is 1. The third kappa shape index (κ3) is 7.24. The summed E-state index contributed by atoms with van der Waals surface area (Å²) in [6.07, 6.45) is 11.1. The van der Waals surface area contributed by atoms with E-state index in [1.807, 2.05) is 18.2 Å². The molecule has 104 valence electrons. The van der Waals surface area contributed by atoms with Gasteiger partial charge in [0.15, 0.2) is 0 Å². The second-order valence-corrected chi connectivity index (χ2v) is 4.71. The zero-order chi connectivity index (χ0) is 14.1. The predicted octanol–water partition coefficient (Wildman–Crippen LogP) is 1.98. The van der Waals surface area contributed by atoms with Gasteiger partial charge in [-0.1, -0.05) is 23.8 Å². The summed E-state index contributed by atoms with van der Waals surface area (Å²) < 4.78 is 0. The Kier molecular flexibility index (Phi) is 6.64. The largest absolute Gasteiger partial charge is 0.399 e. The second-order valence-electron chi connectivity index (χ2n) is 4.71. The molecule has 0 saturated carbocycles. The van der Waals surface area contributed by atoms with Crippen molar-refractivity contribution in [2.45, 2.75) is 39.0 Å². The highest BCUT2D eigenvalue weighted by atomic mass is 16.1. The summed E-state index contributed by atoms with van der Waals surface area (Å²) in [6, 6.07) is 0. The Morgan fingerprint density at radius 3 is 2.79 bits per heavy atom. The minimum atomic E-state index is 0.0306. The Bertz CT molecular complexity index is 420. The minimum absolute atomic E-state index is 0.0306. The molecule has 0 aliphatic heterocycles. The lowest BCUT2D eigenvalue weighted by Gasteiger charge is -2.05. The lowest BCUT2D eigenvalue weighted by molar-refractivity contribution is -0.121. The summed E-state index contributed by atoms with van der Waals surface area (Å²) in [5, 5.41) is 2.82. The van der Waals surface area contributed by atoms with Crippen LogP contribution < -0.4 is 11.1 Å². The van der Waals surface area contributed by atoms with E-state index in [0.29, 0.717) is 25.8 Å². The summed E-state index contributed by atoms with van der Waals surface area (Å²) in [5.41, 5.74) is 7.59. The monoisotopic (exact) mass is 262 g/mol. The van der Waals surface area contributed by atoms with Gasteiger partial charge in [-0.2, -0.15) is 0 Å². The molecular weight excluding hydrogens is 240 g/mol. The van der Waals surface area contributed by atoms with E-state index in [0.717, 1.165) is 24.1 Å². The fourth-order valence-electron chi connectivity index (χ4n) is 1.78. The van der Waals surface area contributed by atoms with Gasteiger partial charge in [-0.25, -0.2) is 0 Å². The topological polar surface area (TPSA) is 72.2 Å². The molecule has 1 aliphatic carbocycles. The lowest BCUT2D eigenvalue weighted by atomic mass is 10.1. The Balaban J connectivity index is 2.18. The van der Waals surface area contributed by atoms with Crippen LogP contribution in [-0.2, 0) is 9.59 Å². The summed E-state index contributed by atoms with van der Waals surface area (Å²) in [4.78, 5) is 22.3. The molecule has 4 nitrogen and oxygen atoms in total. The van der Waals surface area contributed by atoms with E-state index in [1.54, 1.807) is 6.92 Å². The van der Waals surface area contributed by atoms with E-state index in [-0.39, 0.29) is 11.7 Å². The molecule has 0 aromatic rings. The first-order valence-electron chi connectivity index (χ1n) is 6.67. The molecule has 0 unspecified atom stereocenters. The Hall–Kier alpha value is -1.84. The van der Waals surface area contributed by atoms with Crippen LogP contribution >= 0.6 is 0 Å². The van der Waals surface area contributed by atoms with Crippen molar-refractivity contribution in [2.75, 3.05) is 6.54 Å². The molecule has 4 heteroatoms. The quantitative estimate of drug-likeness (QED) is 0.689. The van der Waals surface area contributed by atoms with Crippen LogP contribution in [-0.4, -0.2) is 18.2 Å². The Morgan fingerprint density at radius 1 is 1.26 bits per heavy atom. The standard InChI is InChI=1S/C15H22N2O2/c1-12(18)4-3-11-17-15(19)10-8-13-5-2-6-14(16)9-7-13/h5-7,9H,2-4,8,10-11,16H2,1H3,(H,17,19). The van der Waals surface area contributed by atoms with Crippen LogP contribution in [0.2, 0.25) is 0 Å². The van der Waals surface area contributed by atoms with Gasteiger partial charge in [-0.3, -0.25) is 4.79 Å². The number of ketones is 1. The van der Waals surface area contributed by atoms with Gasteiger partial charge in [0.2, 0.25) is 5.91 Å². The van der Waals surface area contributed by atoms with E-state index in [9.17, 15) is 9.59 Å². The first kappa shape index (κ1) is 15.2. The molecule has 0 atom stereocenters. The maximum absolute atomic E-state index is 11.6. The van der Waals surface area contributed by atoms with Crippen molar-refractivity contribution in [3.8, 4) is 0 Å². The summed E-state index contributed by atoms with van der Waals surface area (Å²) in [7, 11) is 0. The van der Waals surface area contributed by atoms with Crippen LogP contribution in [0.1, 0.15) is 39.0 Å². The highest BCUT2D eigenvalue weighted by Gasteiger charge is 2.03. The van der Waals surface area contributed by atoms with Crippen LogP contribution in [0.3, 0.4) is 0 Å². The van der Waals surface area contributed by atoms with Crippen molar-refractivity contribution >= 4 is 11.7 Å². The molecule has 0 saturated heterocycles. The van der Waals surface area contributed by atoms with Crippen molar-refractivity contribution in [1.82, 2.24) is 5.32 Å². The minimum Gasteiger partial charge on any atom is -0.399 e. The summed E-state index contributed by atoms with van der Waals surface area (Å²) >= 11 is 0. The average Bonchev–Trinajstić information content (AvgIpc) is 2.57. The highest BCUT2D eigenvalue weighted by molar-refractivity contribution is 5.77. The molecule has 1 amide bonds. The molecular formula is C15H22N2O2. The number of carbonyl (C=O) groups excluding carboxylic acids is 2. The van der Waals surface area contributed by atoms with Gasteiger partial charge in [0, 0.05) is 25.1 Å². The fourth-order valence-corrected chi connectivity index (χ4v) is 1.78. The molecule has 0 bridgehead atoms. The average molecular weight is 262 g/mol. The maximum Gasteiger partial charge on any atom is 0.220 e. The van der Waals surface area contributed by atoms with E-state index >= 15 is 0 Å². The zero-order valence-electron chi connectivity index (χ0n) is 11.4.